The maximum absolute atomic E-state index is 10.7. The van der Waals surface area contributed by atoms with Gasteiger partial charge in [-0.15, -0.1) is 0 Å². The molecule has 5 rings (SSSR count). The molecular weight excluding hydrogens is 500 g/mol. The number of halogens is 6. The van der Waals surface area contributed by atoms with E-state index in [1.54, 1.807) is 21.7 Å². The van der Waals surface area contributed by atoms with Gasteiger partial charge in [0, 0.05) is 11.5 Å². The molecule has 0 bridgehead atoms. The Balaban J connectivity index is 0.000000364. The van der Waals surface area contributed by atoms with Crippen LogP contribution in [0.5, 0.6) is 0 Å². The Morgan fingerprint density at radius 3 is 1.60 bits per heavy atom. The molecule has 186 valence electrons. The van der Waals surface area contributed by atoms with Gasteiger partial charge in [0.05, 0.1) is 29.7 Å². The van der Waals surface area contributed by atoms with E-state index in [0.29, 0.717) is 11.6 Å². The van der Waals surface area contributed by atoms with Gasteiger partial charge in [0.2, 0.25) is 0 Å². The summed E-state index contributed by atoms with van der Waals surface area (Å²) in [5, 5.41) is 5.88. The molecule has 1 aliphatic heterocycles. The van der Waals surface area contributed by atoms with Crippen LogP contribution in [-0.4, -0.2) is 5.66 Å². The van der Waals surface area contributed by atoms with Gasteiger partial charge >= 0.3 is 33.0 Å². The Labute approximate surface area is 201 Å². The monoisotopic (exact) mass is 526 g/mol. The predicted molar refractivity (Wildman–Crippen MR) is 138 cm³/mol. The zero-order valence-corrected chi connectivity index (χ0v) is 21.1. The van der Waals surface area contributed by atoms with Crippen molar-refractivity contribution in [2.45, 2.75) is 31.6 Å². The van der Waals surface area contributed by atoms with Gasteiger partial charge in [-0.25, -0.2) is 0 Å². The topological polar surface area (TPSA) is 0 Å². The third-order valence-electron chi connectivity index (χ3n) is 6.83. The fourth-order valence-electron chi connectivity index (χ4n) is 5.18. The third kappa shape index (κ3) is 5.88. The maximum atomic E-state index is 9.87. The molecule has 0 fully saturated rings. The fraction of sp³-hybridized carbons (Fsp3) is 0.185. The summed E-state index contributed by atoms with van der Waals surface area (Å²) in [6.07, 6.45) is 1.16. The van der Waals surface area contributed by atoms with Crippen LogP contribution in [0.2, 0.25) is 0 Å². The summed E-state index contributed by atoms with van der Waals surface area (Å²) in [4.78, 5) is 0. The molecular formula is C27H26F6P2. The Morgan fingerprint density at radius 2 is 1.09 bits per heavy atom. The Morgan fingerprint density at radius 1 is 0.629 bits per heavy atom. The van der Waals surface area contributed by atoms with Crippen LogP contribution in [0.3, 0.4) is 0 Å². The van der Waals surface area contributed by atoms with Gasteiger partial charge in [-0.1, -0.05) is 79.7 Å². The fourth-order valence-corrected chi connectivity index (χ4v) is 10.3. The number of rotatable bonds is 2. The minimum atomic E-state index is -10.7. The van der Waals surface area contributed by atoms with Gasteiger partial charge in [0.25, 0.3) is 0 Å². The van der Waals surface area contributed by atoms with Crippen LogP contribution in [0.1, 0.15) is 30.9 Å². The average Bonchev–Trinajstić information content (AvgIpc) is 2.80. The molecule has 35 heavy (non-hydrogen) atoms. The second-order valence-corrected chi connectivity index (χ2v) is 14.9. The zero-order valence-electron chi connectivity index (χ0n) is 19.3. The molecule has 1 aliphatic rings. The zero-order chi connectivity index (χ0) is 25.5. The SMILES string of the molecule is CC1c2ccc3ccccc3c2C[P+](c2ccccc2)(c2ccccc2)C1C.F[P-](F)(F)(F)(F)F. The van der Waals surface area contributed by atoms with Crippen LogP contribution in [0.15, 0.2) is 97.1 Å². The molecule has 2 atom stereocenters. The molecule has 0 aromatic heterocycles. The minimum absolute atomic E-state index is 0.544. The van der Waals surface area contributed by atoms with E-state index in [1.807, 2.05) is 0 Å². The van der Waals surface area contributed by atoms with Crippen molar-refractivity contribution in [3.05, 3.63) is 108 Å². The van der Waals surface area contributed by atoms with E-state index in [4.69, 9.17) is 0 Å². The number of benzene rings is 4. The normalized spacial score (nSPS) is 21.1. The molecule has 8 heteroatoms. The van der Waals surface area contributed by atoms with E-state index in [-0.39, 0.29) is 0 Å². The quantitative estimate of drug-likeness (QED) is 0.180. The van der Waals surface area contributed by atoms with Gasteiger partial charge in [-0.3, -0.25) is 0 Å². The summed E-state index contributed by atoms with van der Waals surface area (Å²) in [5.74, 6) is 0.544. The van der Waals surface area contributed by atoms with Crippen molar-refractivity contribution >= 4 is 36.5 Å². The molecule has 0 radical (unpaired) electrons. The van der Waals surface area contributed by atoms with Crippen LogP contribution in [0, 0.1) is 0 Å². The second-order valence-electron chi connectivity index (χ2n) is 9.04. The van der Waals surface area contributed by atoms with E-state index in [0.717, 1.165) is 6.16 Å². The van der Waals surface area contributed by atoms with Crippen molar-refractivity contribution in [2.24, 2.45) is 0 Å². The first-order valence-electron chi connectivity index (χ1n) is 11.2. The molecule has 0 N–H and O–H groups in total. The van der Waals surface area contributed by atoms with Crippen LogP contribution in [0.4, 0.5) is 25.2 Å². The standard InChI is InChI=1S/C27H26P.F6P/c1-20-21(2)28(23-12-5-3-6-13-23,24-14-7-4-8-15-24)19-27-25(20)18-17-22-11-9-10-16-26(22)27;1-7(2,3,4,5)6/h3-18,20-21H,19H2,1-2H3;/q+1;-1. The Bertz CT molecular complexity index is 1290. The summed E-state index contributed by atoms with van der Waals surface area (Å²) in [7, 11) is -12.2. The van der Waals surface area contributed by atoms with Crippen LogP contribution < -0.4 is 10.6 Å². The Kier molecular flexibility index (Phi) is 6.10. The molecule has 0 amide bonds. The number of hydrogen-bond acceptors (Lipinski definition) is 0. The molecule has 2 unspecified atom stereocenters. The van der Waals surface area contributed by atoms with Crippen molar-refractivity contribution in [3.8, 4) is 0 Å². The van der Waals surface area contributed by atoms with E-state index >= 15 is 0 Å². The van der Waals surface area contributed by atoms with Crippen LogP contribution in [0.25, 0.3) is 10.8 Å². The second kappa shape index (κ2) is 8.32. The molecule has 0 saturated heterocycles. The predicted octanol–water partition coefficient (Wildman–Crippen LogP) is 9.90. The Hall–Kier alpha value is -2.42. The van der Waals surface area contributed by atoms with Crippen LogP contribution in [-0.2, 0) is 6.16 Å². The van der Waals surface area contributed by atoms with Gasteiger partial charge in [-0.2, -0.15) is 0 Å². The van der Waals surface area contributed by atoms with E-state index in [9.17, 15) is 25.2 Å². The molecule has 0 nitrogen and oxygen atoms in total. The molecule has 4 aromatic carbocycles. The first-order chi connectivity index (χ1) is 16.2. The summed E-state index contributed by atoms with van der Waals surface area (Å²) >= 11 is 0. The van der Waals surface area contributed by atoms with Gasteiger partial charge in [0.1, 0.15) is 0 Å². The third-order valence-corrected chi connectivity index (χ3v) is 11.9. The van der Waals surface area contributed by atoms with Gasteiger partial charge in [-0.05, 0) is 47.5 Å². The summed E-state index contributed by atoms with van der Waals surface area (Å²) < 4.78 is 59.2. The van der Waals surface area contributed by atoms with E-state index in [1.165, 1.54) is 10.8 Å². The van der Waals surface area contributed by atoms with Gasteiger partial charge in [0.15, 0.2) is 0 Å². The van der Waals surface area contributed by atoms with E-state index < -0.39 is 15.1 Å². The summed E-state index contributed by atoms with van der Waals surface area (Å²) in [6.45, 7) is 4.94. The molecule has 4 aromatic rings. The summed E-state index contributed by atoms with van der Waals surface area (Å²) in [5.41, 5.74) is 3.74. The van der Waals surface area contributed by atoms with Gasteiger partial charge < -0.3 is 0 Å². The van der Waals surface area contributed by atoms with Crippen molar-refractivity contribution in [1.29, 1.82) is 0 Å². The van der Waals surface area contributed by atoms with Crippen molar-refractivity contribution < 1.29 is 25.2 Å². The summed E-state index contributed by atoms with van der Waals surface area (Å²) in [6, 6.07) is 36.3. The van der Waals surface area contributed by atoms with E-state index in [2.05, 4.69) is 111 Å². The van der Waals surface area contributed by atoms with Crippen LogP contribution >= 0.6 is 15.1 Å². The molecule has 1 heterocycles. The molecule has 0 spiro atoms. The number of fused-ring (bicyclic) bond motifs is 3. The first-order valence-corrected chi connectivity index (χ1v) is 15.3. The van der Waals surface area contributed by atoms with Crippen molar-refractivity contribution in [3.63, 3.8) is 0 Å². The van der Waals surface area contributed by atoms with Crippen molar-refractivity contribution in [2.75, 3.05) is 0 Å². The molecule has 0 saturated carbocycles. The first kappa shape index (κ1) is 25.7. The number of hydrogen-bond donors (Lipinski definition) is 0. The average molecular weight is 526 g/mol. The van der Waals surface area contributed by atoms with Crippen molar-refractivity contribution in [1.82, 2.24) is 0 Å². The molecule has 0 aliphatic carbocycles.